The Bertz CT molecular complexity index is 1210. The van der Waals surface area contributed by atoms with Crippen LogP contribution in [0, 0.1) is 0 Å². The second kappa shape index (κ2) is 10.1. The number of nitrogens with zero attached hydrogens (tertiary/aromatic N) is 3. The van der Waals surface area contributed by atoms with Crippen LogP contribution in [0.3, 0.4) is 0 Å². The summed E-state index contributed by atoms with van der Waals surface area (Å²) in [7, 11) is 3.09. The van der Waals surface area contributed by atoms with Crippen molar-refractivity contribution in [2.45, 2.75) is 19.4 Å². The number of amides is 2. The number of nitrogens with one attached hydrogen (secondary N) is 1. The molecule has 2 amide bonds. The van der Waals surface area contributed by atoms with Crippen molar-refractivity contribution >= 4 is 23.2 Å². The van der Waals surface area contributed by atoms with Gasteiger partial charge < -0.3 is 24.4 Å². The highest BCUT2D eigenvalue weighted by Gasteiger charge is 2.36. The van der Waals surface area contributed by atoms with Crippen LogP contribution in [0.25, 0.3) is 17.0 Å². The Morgan fingerprint density at radius 3 is 2.65 bits per heavy atom. The fourth-order valence-electron chi connectivity index (χ4n) is 3.88. The van der Waals surface area contributed by atoms with Gasteiger partial charge in [-0.2, -0.15) is 4.98 Å². The van der Waals surface area contributed by atoms with Crippen LogP contribution in [0.15, 0.2) is 52.7 Å². The molecule has 1 atom stereocenters. The smallest absolute Gasteiger partial charge is 0.322 e. The van der Waals surface area contributed by atoms with Gasteiger partial charge in [-0.15, -0.1) is 0 Å². The lowest BCUT2D eigenvalue weighted by molar-refractivity contribution is 0.174. The van der Waals surface area contributed by atoms with Crippen molar-refractivity contribution in [3.63, 3.8) is 0 Å². The number of benzene rings is 2. The maximum absolute atomic E-state index is 13.0. The molecule has 3 aromatic rings. The lowest BCUT2D eigenvalue weighted by atomic mass is 9.94. The second-order valence-electron chi connectivity index (χ2n) is 7.74. The van der Waals surface area contributed by atoms with Crippen molar-refractivity contribution < 1.29 is 23.9 Å². The molecule has 0 spiro atoms. The summed E-state index contributed by atoms with van der Waals surface area (Å²) in [6.07, 6.45) is 0.655. The predicted octanol–water partition coefficient (Wildman–Crippen LogP) is 4.64. The minimum atomic E-state index is -0.624. The minimum Gasteiger partial charge on any atom is -0.504 e. The molecule has 1 aliphatic rings. The van der Waals surface area contributed by atoms with Crippen molar-refractivity contribution in [3.05, 3.63) is 64.6 Å². The number of aromatic nitrogens is 2. The maximum Gasteiger partial charge on any atom is 0.322 e. The number of aromatic hydroxyl groups is 1. The molecule has 0 radical (unpaired) electrons. The number of urea groups is 1. The first kappa shape index (κ1) is 23.6. The van der Waals surface area contributed by atoms with Gasteiger partial charge in [0.1, 0.15) is 0 Å². The molecule has 10 heteroatoms. The van der Waals surface area contributed by atoms with Gasteiger partial charge in [-0.05, 0) is 55.3 Å². The average molecular weight is 485 g/mol. The van der Waals surface area contributed by atoms with Crippen LogP contribution in [0.4, 0.5) is 4.79 Å². The molecular formula is C24H25ClN4O5. The lowest BCUT2D eigenvalue weighted by Crippen LogP contribution is -2.46. The highest BCUT2D eigenvalue weighted by atomic mass is 35.5. The highest BCUT2D eigenvalue weighted by molar-refractivity contribution is 6.30. The number of phenols is 1. The summed E-state index contributed by atoms with van der Waals surface area (Å²) in [5, 5.41) is 18.1. The molecule has 34 heavy (non-hydrogen) atoms. The average Bonchev–Trinajstić information content (AvgIpc) is 3.31. The molecule has 1 unspecified atom stereocenters. The number of carbonyl (C=O) groups is 1. The molecule has 2 N–H and O–H groups in total. The number of allylic oxidation sites excluding steroid dienone is 1. The van der Waals surface area contributed by atoms with Gasteiger partial charge in [0.2, 0.25) is 5.82 Å². The SMILES string of the molecule is COCCCN1C(=O)NC(c2ccc(OC)c(O)c2)C(c2nc(-c3ccc(Cl)cc3)no2)=C1C. The van der Waals surface area contributed by atoms with Crippen LogP contribution >= 0.6 is 11.6 Å². The Morgan fingerprint density at radius 1 is 1.21 bits per heavy atom. The number of hydrogen-bond donors (Lipinski definition) is 2. The Hall–Kier alpha value is -3.56. The van der Waals surface area contributed by atoms with Crippen molar-refractivity contribution in [1.29, 1.82) is 0 Å². The van der Waals surface area contributed by atoms with Gasteiger partial charge in [-0.1, -0.05) is 22.8 Å². The van der Waals surface area contributed by atoms with Crippen LogP contribution in [0.1, 0.15) is 30.8 Å². The zero-order valence-electron chi connectivity index (χ0n) is 19.0. The van der Waals surface area contributed by atoms with Crippen molar-refractivity contribution in [3.8, 4) is 22.9 Å². The molecule has 0 fully saturated rings. The first-order chi connectivity index (χ1) is 16.4. The molecule has 1 aliphatic heterocycles. The van der Waals surface area contributed by atoms with Gasteiger partial charge in [-0.25, -0.2) is 4.79 Å². The van der Waals surface area contributed by atoms with Crippen LogP contribution < -0.4 is 10.1 Å². The monoisotopic (exact) mass is 484 g/mol. The molecule has 0 saturated heterocycles. The summed E-state index contributed by atoms with van der Waals surface area (Å²) in [5.74, 6) is 0.948. The summed E-state index contributed by atoms with van der Waals surface area (Å²) in [6.45, 7) is 2.81. The van der Waals surface area contributed by atoms with Crippen molar-refractivity contribution in [2.24, 2.45) is 0 Å². The number of halogens is 1. The zero-order valence-corrected chi connectivity index (χ0v) is 19.8. The van der Waals surface area contributed by atoms with E-state index >= 15 is 0 Å². The van der Waals surface area contributed by atoms with E-state index in [0.29, 0.717) is 53.0 Å². The molecule has 4 rings (SSSR count). The van der Waals surface area contributed by atoms with Crippen molar-refractivity contribution in [2.75, 3.05) is 27.4 Å². The number of ether oxygens (including phenoxy) is 2. The van der Waals surface area contributed by atoms with Gasteiger partial charge in [0.15, 0.2) is 11.5 Å². The van der Waals surface area contributed by atoms with E-state index in [1.807, 2.05) is 6.92 Å². The molecular weight excluding hydrogens is 460 g/mol. The number of rotatable bonds is 8. The third-order valence-electron chi connectivity index (χ3n) is 5.62. The summed E-state index contributed by atoms with van der Waals surface area (Å²) in [6, 6.07) is 11.2. The van der Waals surface area contributed by atoms with Crippen LogP contribution in [0.5, 0.6) is 11.5 Å². The van der Waals surface area contributed by atoms with Crippen LogP contribution in [-0.4, -0.2) is 53.5 Å². The van der Waals surface area contributed by atoms with E-state index in [4.69, 9.17) is 25.6 Å². The topological polar surface area (TPSA) is 110 Å². The third-order valence-corrected chi connectivity index (χ3v) is 5.87. The van der Waals surface area contributed by atoms with E-state index in [1.54, 1.807) is 54.5 Å². The van der Waals surface area contributed by atoms with E-state index in [0.717, 1.165) is 5.56 Å². The summed E-state index contributed by atoms with van der Waals surface area (Å²) in [4.78, 5) is 19.2. The standard InChI is InChI=1S/C24H25ClN4O5/c1-14-20(23-27-22(28-34-23)15-5-8-17(25)9-6-15)21(16-7-10-19(33-3)18(30)13-16)26-24(31)29(14)11-4-12-32-2/h5-10,13,21,30H,4,11-12H2,1-3H3,(H,26,31). The van der Waals surface area contributed by atoms with Gasteiger partial charge >= 0.3 is 6.03 Å². The quantitative estimate of drug-likeness (QED) is 0.448. The largest absolute Gasteiger partial charge is 0.504 e. The number of hydrogen-bond acceptors (Lipinski definition) is 7. The van der Waals surface area contributed by atoms with E-state index in [2.05, 4.69) is 15.5 Å². The summed E-state index contributed by atoms with van der Waals surface area (Å²) >= 11 is 5.99. The van der Waals surface area contributed by atoms with Gasteiger partial charge in [-0.3, -0.25) is 4.90 Å². The molecule has 2 aromatic carbocycles. The fraction of sp³-hybridized carbons (Fsp3) is 0.292. The Labute approximate surface area is 201 Å². The van der Waals surface area contributed by atoms with Gasteiger partial charge in [0.05, 0.1) is 18.7 Å². The molecule has 0 saturated carbocycles. The third kappa shape index (κ3) is 4.71. The van der Waals surface area contributed by atoms with E-state index in [9.17, 15) is 9.90 Å². The first-order valence-corrected chi connectivity index (χ1v) is 11.1. The zero-order chi connectivity index (χ0) is 24.2. The van der Waals surface area contributed by atoms with Crippen molar-refractivity contribution in [1.82, 2.24) is 20.4 Å². The van der Waals surface area contributed by atoms with E-state index < -0.39 is 6.04 Å². The molecule has 0 bridgehead atoms. The van der Waals surface area contributed by atoms with Crippen LogP contribution in [0.2, 0.25) is 5.02 Å². The van der Waals surface area contributed by atoms with E-state index in [1.165, 1.54) is 7.11 Å². The van der Waals surface area contributed by atoms with Gasteiger partial charge in [0.25, 0.3) is 5.89 Å². The molecule has 9 nitrogen and oxygen atoms in total. The predicted molar refractivity (Wildman–Crippen MR) is 126 cm³/mol. The maximum atomic E-state index is 13.0. The number of carbonyl (C=O) groups excluding carboxylic acids is 1. The van der Waals surface area contributed by atoms with Gasteiger partial charge in [0, 0.05) is 36.5 Å². The number of methoxy groups -OCH3 is 2. The summed E-state index contributed by atoms with van der Waals surface area (Å²) < 4.78 is 15.9. The molecule has 2 heterocycles. The Kier molecular flexibility index (Phi) is 7.04. The highest BCUT2D eigenvalue weighted by Crippen LogP contribution is 2.39. The lowest BCUT2D eigenvalue weighted by Gasteiger charge is -2.35. The number of phenolic OH excluding ortho intramolecular Hbond substituents is 1. The Balaban J connectivity index is 1.78. The molecule has 1 aromatic heterocycles. The normalized spacial score (nSPS) is 16.1. The summed E-state index contributed by atoms with van der Waals surface area (Å²) in [5.41, 5.74) is 2.69. The van der Waals surface area contributed by atoms with E-state index in [-0.39, 0.29) is 17.7 Å². The first-order valence-electron chi connectivity index (χ1n) is 10.7. The molecule has 0 aliphatic carbocycles. The minimum absolute atomic E-state index is 0.0406. The fourth-order valence-corrected chi connectivity index (χ4v) is 4.01. The second-order valence-corrected chi connectivity index (χ2v) is 8.18. The molecule has 178 valence electrons. The Morgan fingerprint density at radius 2 is 1.97 bits per heavy atom. The van der Waals surface area contributed by atoms with Crippen LogP contribution in [-0.2, 0) is 4.74 Å².